The van der Waals surface area contributed by atoms with Crippen LogP contribution in [-0.2, 0) is 0 Å². The van der Waals surface area contributed by atoms with Gasteiger partial charge in [-0.3, -0.25) is 0 Å². The van der Waals surface area contributed by atoms with E-state index in [-0.39, 0.29) is 19.6 Å². The second-order valence-electron chi connectivity index (χ2n) is 6.64. The molecule has 5 nitrogen and oxygen atoms in total. The molecule has 2 aliphatic rings. The van der Waals surface area contributed by atoms with Crippen LogP contribution in [0.25, 0.3) is 0 Å². The number of hydrogen-bond acceptors (Lipinski definition) is 5. The standard InChI is InChI=1S/C15H24O5/c1-13(9-17)6-11-10(8-16)4-3-5-14(2,19)7-12(18)15(11,13)20/h3-5,11-12,16-20H,6-9H2,1-2H3/t11-,12+,13-,14-,15-/m1/s1. The van der Waals surface area contributed by atoms with Crippen molar-refractivity contribution < 1.29 is 25.5 Å². The van der Waals surface area contributed by atoms with Crippen molar-refractivity contribution in [3.63, 3.8) is 0 Å². The summed E-state index contributed by atoms with van der Waals surface area (Å²) < 4.78 is 0. The zero-order chi connectivity index (χ0) is 15.2. The molecule has 0 bridgehead atoms. The predicted molar refractivity (Wildman–Crippen MR) is 73.8 cm³/mol. The van der Waals surface area contributed by atoms with E-state index >= 15 is 0 Å². The van der Waals surface area contributed by atoms with Crippen LogP contribution in [0, 0.1) is 11.3 Å². The summed E-state index contributed by atoms with van der Waals surface area (Å²) in [6, 6.07) is 0. The molecule has 5 N–H and O–H groups in total. The van der Waals surface area contributed by atoms with Crippen LogP contribution < -0.4 is 0 Å². The quantitative estimate of drug-likeness (QED) is 0.480. The Hall–Kier alpha value is -0.720. The van der Waals surface area contributed by atoms with E-state index in [9.17, 15) is 25.5 Å². The maximum absolute atomic E-state index is 11.0. The van der Waals surface area contributed by atoms with E-state index in [1.807, 2.05) is 0 Å². The van der Waals surface area contributed by atoms with Crippen molar-refractivity contribution in [1.82, 2.24) is 0 Å². The fourth-order valence-electron chi connectivity index (χ4n) is 3.57. The second kappa shape index (κ2) is 4.93. The molecule has 0 aliphatic heterocycles. The first-order valence-corrected chi connectivity index (χ1v) is 6.93. The van der Waals surface area contributed by atoms with Gasteiger partial charge in [0.25, 0.3) is 0 Å². The van der Waals surface area contributed by atoms with Crippen molar-refractivity contribution in [3.8, 4) is 0 Å². The molecule has 1 fully saturated rings. The van der Waals surface area contributed by atoms with E-state index in [0.717, 1.165) is 0 Å². The molecule has 5 atom stereocenters. The summed E-state index contributed by atoms with van der Waals surface area (Å²) in [7, 11) is 0. The maximum Gasteiger partial charge on any atom is 0.105 e. The Morgan fingerprint density at radius 3 is 2.40 bits per heavy atom. The molecular weight excluding hydrogens is 260 g/mol. The zero-order valence-electron chi connectivity index (χ0n) is 12.0. The number of allylic oxidation sites excluding steroid dienone is 2. The Morgan fingerprint density at radius 1 is 1.20 bits per heavy atom. The second-order valence-corrected chi connectivity index (χ2v) is 6.64. The third kappa shape index (κ3) is 2.14. The van der Waals surface area contributed by atoms with Gasteiger partial charge in [0.1, 0.15) is 5.60 Å². The molecule has 0 heterocycles. The maximum atomic E-state index is 11.0. The van der Waals surface area contributed by atoms with Gasteiger partial charge in [-0.25, -0.2) is 0 Å². The minimum atomic E-state index is -1.55. The zero-order valence-corrected chi connectivity index (χ0v) is 12.0. The van der Waals surface area contributed by atoms with Crippen LogP contribution >= 0.6 is 0 Å². The average Bonchev–Trinajstić information content (AvgIpc) is 2.41. The van der Waals surface area contributed by atoms with Gasteiger partial charge in [0.15, 0.2) is 0 Å². The largest absolute Gasteiger partial charge is 0.396 e. The molecule has 20 heavy (non-hydrogen) atoms. The van der Waals surface area contributed by atoms with E-state index in [0.29, 0.717) is 12.0 Å². The van der Waals surface area contributed by atoms with Crippen LogP contribution in [0.4, 0.5) is 0 Å². The molecule has 0 unspecified atom stereocenters. The Bertz CT molecular complexity index is 442. The summed E-state index contributed by atoms with van der Waals surface area (Å²) in [6.07, 6.45) is 4.11. The molecule has 2 rings (SSSR count). The van der Waals surface area contributed by atoms with Crippen LogP contribution in [0.2, 0.25) is 0 Å². The van der Waals surface area contributed by atoms with Gasteiger partial charge in [-0.15, -0.1) is 0 Å². The number of hydrogen-bond donors (Lipinski definition) is 5. The summed E-state index contributed by atoms with van der Waals surface area (Å²) in [4.78, 5) is 0. The van der Waals surface area contributed by atoms with E-state index < -0.39 is 28.6 Å². The van der Waals surface area contributed by atoms with Gasteiger partial charge >= 0.3 is 0 Å². The Balaban J connectivity index is 2.46. The van der Waals surface area contributed by atoms with Gasteiger partial charge < -0.3 is 25.5 Å². The van der Waals surface area contributed by atoms with Gasteiger partial charge in [0.05, 0.1) is 24.9 Å². The fraction of sp³-hybridized carbons (Fsp3) is 0.733. The number of fused-ring (bicyclic) bond motifs is 1. The van der Waals surface area contributed by atoms with Gasteiger partial charge in [0.2, 0.25) is 0 Å². The number of rotatable bonds is 2. The summed E-state index contributed by atoms with van der Waals surface area (Å²) in [6.45, 7) is 2.78. The normalized spacial score (nSPS) is 48.5. The SMILES string of the molecule is C[C@]1(CO)C[C@@H]2C(CO)=CC=C[C@@](C)(O)C[C@H](O)[C@]21O. The Labute approximate surface area is 118 Å². The molecule has 0 amide bonds. The summed E-state index contributed by atoms with van der Waals surface area (Å²) in [5.74, 6) is -0.418. The molecular formula is C15H24O5. The molecule has 0 aromatic heterocycles. The van der Waals surface area contributed by atoms with E-state index in [2.05, 4.69) is 0 Å². The number of aliphatic hydroxyl groups excluding tert-OH is 3. The third-order valence-corrected chi connectivity index (χ3v) is 5.01. The van der Waals surface area contributed by atoms with Crippen molar-refractivity contribution in [1.29, 1.82) is 0 Å². The highest BCUT2D eigenvalue weighted by molar-refractivity contribution is 5.31. The van der Waals surface area contributed by atoms with Crippen molar-refractivity contribution in [3.05, 3.63) is 23.8 Å². The fourth-order valence-corrected chi connectivity index (χ4v) is 3.57. The van der Waals surface area contributed by atoms with Gasteiger partial charge in [0, 0.05) is 17.8 Å². The van der Waals surface area contributed by atoms with Crippen LogP contribution in [0.15, 0.2) is 23.8 Å². The first kappa shape index (κ1) is 15.7. The van der Waals surface area contributed by atoms with E-state index in [1.165, 1.54) is 6.08 Å². The lowest BCUT2D eigenvalue weighted by atomic mass is 9.47. The Kier molecular flexibility index (Phi) is 3.86. The molecule has 0 aromatic carbocycles. The minimum Gasteiger partial charge on any atom is -0.396 e. The lowest BCUT2D eigenvalue weighted by Crippen LogP contribution is -2.71. The summed E-state index contributed by atoms with van der Waals surface area (Å²) >= 11 is 0. The average molecular weight is 284 g/mol. The molecule has 2 aliphatic carbocycles. The molecule has 5 heteroatoms. The molecule has 114 valence electrons. The first-order chi connectivity index (χ1) is 9.20. The first-order valence-electron chi connectivity index (χ1n) is 6.93. The molecule has 0 saturated heterocycles. The van der Waals surface area contributed by atoms with Gasteiger partial charge in [-0.05, 0) is 18.9 Å². The monoisotopic (exact) mass is 284 g/mol. The summed E-state index contributed by atoms with van der Waals surface area (Å²) in [5, 5.41) is 50.7. The van der Waals surface area contributed by atoms with Crippen LogP contribution in [0.1, 0.15) is 26.7 Å². The lowest BCUT2D eigenvalue weighted by molar-refractivity contribution is -0.266. The van der Waals surface area contributed by atoms with Gasteiger partial charge in [-0.2, -0.15) is 0 Å². The van der Waals surface area contributed by atoms with Crippen LogP contribution in [0.5, 0.6) is 0 Å². The van der Waals surface area contributed by atoms with Crippen molar-refractivity contribution in [2.75, 3.05) is 13.2 Å². The topological polar surface area (TPSA) is 101 Å². The van der Waals surface area contributed by atoms with E-state index in [4.69, 9.17) is 0 Å². The van der Waals surface area contributed by atoms with Crippen LogP contribution in [0.3, 0.4) is 0 Å². The highest BCUT2D eigenvalue weighted by Gasteiger charge is 2.66. The molecule has 1 saturated carbocycles. The minimum absolute atomic E-state index is 0.0291. The highest BCUT2D eigenvalue weighted by atomic mass is 16.4. The van der Waals surface area contributed by atoms with Crippen molar-refractivity contribution >= 4 is 0 Å². The van der Waals surface area contributed by atoms with Crippen molar-refractivity contribution in [2.45, 2.75) is 44.0 Å². The molecule has 0 spiro atoms. The third-order valence-electron chi connectivity index (χ3n) is 5.01. The predicted octanol–water partition coefficient (Wildman–Crippen LogP) is -0.274. The molecule has 0 radical (unpaired) electrons. The number of aliphatic hydroxyl groups is 5. The smallest absolute Gasteiger partial charge is 0.105 e. The van der Waals surface area contributed by atoms with Crippen molar-refractivity contribution in [2.24, 2.45) is 11.3 Å². The van der Waals surface area contributed by atoms with Gasteiger partial charge in [-0.1, -0.05) is 25.2 Å². The van der Waals surface area contributed by atoms with Crippen LogP contribution in [-0.4, -0.2) is 56.1 Å². The molecule has 0 aromatic rings. The lowest BCUT2D eigenvalue weighted by Gasteiger charge is -2.62. The van der Waals surface area contributed by atoms with E-state index in [1.54, 1.807) is 26.0 Å². The Morgan fingerprint density at radius 2 is 1.85 bits per heavy atom. The summed E-state index contributed by atoms with van der Waals surface area (Å²) in [5.41, 5.74) is -3.04. The highest BCUT2D eigenvalue weighted by Crippen LogP contribution is 2.59.